The van der Waals surface area contributed by atoms with Crippen LogP contribution in [0.5, 0.6) is 5.75 Å². The summed E-state index contributed by atoms with van der Waals surface area (Å²) in [6.45, 7) is 4.17. The number of nitrogens with one attached hydrogen (secondary N) is 1. The van der Waals surface area contributed by atoms with Crippen molar-refractivity contribution in [3.63, 3.8) is 0 Å². The Morgan fingerprint density at radius 1 is 1.06 bits per heavy atom. The van der Waals surface area contributed by atoms with E-state index in [1.807, 2.05) is 49.4 Å². The first-order valence-electron chi connectivity index (χ1n) is 10.5. The zero-order valence-corrected chi connectivity index (χ0v) is 19.6. The van der Waals surface area contributed by atoms with Crippen LogP contribution >= 0.6 is 23.2 Å². The molecule has 0 aliphatic carbocycles. The third-order valence-corrected chi connectivity index (χ3v) is 5.76. The van der Waals surface area contributed by atoms with Crippen molar-refractivity contribution in [1.29, 1.82) is 0 Å². The van der Waals surface area contributed by atoms with E-state index >= 15 is 0 Å². The zero-order chi connectivity index (χ0) is 23.1. The molecule has 0 aliphatic heterocycles. The second-order valence-corrected chi connectivity index (χ2v) is 8.33. The number of halogens is 2. The summed E-state index contributed by atoms with van der Waals surface area (Å²) in [5.41, 5.74) is 0.699. The van der Waals surface area contributed by atoms with Crippen molar-refractivity contribution < 1.29 is 14.3 Å². The van der Waals surface area contributed by atoms with E-state index in [-0.39, 0.29) is 25.0 Å². The van der Waals surface area contributed by atoms with Crippen molar-refractivity contribution in [2.75, 3.05) is 13.2 Å². The summed E-state index contributed by atoms with van der Waals surface area (Å²) < 4.78 is 5.88. The standard InChI is InChI=1S/C25H26Cl2N2O3/c1-3-13-28-25(31)17(2)29(15-19-11-12-20(26)14-22(19)27)24(30)16-32-23-10-6-8-18-7-4-5-9-21(18)23/h4-12,14,17H,3,13,15-16H2,1-2H3,(H,28,31)/t17-/m1/s1. The SMILES string of the molecule is CCCNC(=O)[C@@H](C)N(Cc1ccc(Cl)cc1Cl)C(=O)COc1cccc2ccccc12. The molecule has 0 saturated heterocycles. The molecule has 7 heteroatoms. The number of fused-ring (bicyclic) bond motifs is 1. The van der Waals surface area contributed by atoms with Gasteiger partial charge in [0.1, 0.15) is 11.8 Å². The molecule has 3 rings (SSSR count). The third-order valence-electron chi connectivity index (χ3n) is 5.17. The molecule has 0 spiro atoms. The fourth-order valence-corrected chi connectivity index (χ4v) is 3.82. The minimum atomic E-state index is -0.697. The van der Waals surface area contributed by atoms with E-state index in [0.29, 0.717) is 27.9 Å². The fourth-order valence-electron chi connectivity index (χ4n) is 3.36. The smallest absolute Gasteiger partial charge is 0.261 e. The maximum atomic E-state index is 13.2. The third kappa shape index (κ3) is 5.93. The van der Waals surface area contributed by atoms with Gasteiger partial charge in [0, 0.05) is 28.5 Å². The largest absolute Gasteiger partial charge is 0.483 e. The van der Waals surface area contributed by atoms with Gasteiger partial charge >= 0.3 is 0 Å². The van der Waals surface area contributed by atoms with Gasteiger partial charge in [-0.2, -0.15) is 0 Å². The van der Waals surface area contributed by atoms with E-state index in [2.05, 4.69) is 5.32 Å². The molecule has 0 aliphatic rings. The molecule has 32 heavy (non-hydrogen) atoms. The molecule has 0 saturated carbocycles. The van der Waals surface area contributed by atoms with Gasteiger partial charge in [-0.15, -0.1) is 0 Å². The van der Waals surface area contributed by atoms with E-state index in [1.165, 1.54) is 4.90 Å². The Labute approximate surface area is 198 Å². The molecule has 5 nitrogen and oxygen atoms in total. The number of carbonyl (C=O) groups is 2. The Bertz CT molecular complexity index is 1100. The van der Waals surface area contributed by atoms with Gasteiger partial charge in [-0.3, -0.25) is 9.59 Å². The Morgan fingerprint density at radius 3 is 2.56 bits per heavy atom. The number of ether oxygens (including phenoxy) is 1. The molecule has 1 atom stereocenters. The molecule has 0 unspecified atom stereocenters. The number of carbonyl (C=O) groups excluding carboxylic acids is 2. The Hall–Kier alpha value is -2.76. The van der Waals surface area contributed by atoms with Gasteiger partial charge in [0.15, 0.2) is 6.61 Å². The van der Waals surface area contributed by atoms with E-state index in [1.54, 1.807) is 25.1 Å². The summed E-state index contributed by atoms with van der Waals surface area (Å²) in [6, 6.07) is 17.9. The Morgan fingerprint density at radius 2 is 1.81 bits per heavy atom. The number of nitrogens with zero attached hydrogens (tertiary/aromatic N) is 1. The summed E-state index contributed by atoms with van der Waals surface area (Å²) in [5.74, 6) is 0.0718. The lowest BCUT2D eigenvalue weighted by Gasteiger charge is -2.29. The highest BCUT2D eigenvalue weighted by molar-refractivity contribution is 6.35. The van der Waals surface area contributed by atoms with Crippen molar-refractivity contribution in [3.05, 3.63) is 76.3 Å². The Balaban J connectivity index is 1.80. The maximum absolute atomic E-state index is 13.2. The second kappa shape index (κ2) is 11.2. The van der Waals surface area contributed by atoms with Crippen LogP contribution in [0.4, 0.5) is 0 Å². The minimum Gasteiger partial charge on any atom is -0.483 e. The first kappa shape index (κ1) is 23.9. The van der Waals surface area contributed by atoms with Crippen molar-refractivity contribution >= 4 is 45.8 Å². The molecule has 3 aromatic carbocycles. The predicted octanol–water partition coefficient (Wildman–Crippen LogP) is 5.47. The minimum absolute atomic E-state index is 0.161. The average Bonchev–Trinajstić information content (AvgIpc) is 2.80. The second-order valence-electron chi connectivity index (χ2n) is 7.49. The number of hydrogen-bond acceptors (Lipinski definition) is 3. The summed E-state index contributed by atoms with van der Waals surface area (Å²) in [7, 11) is 0. The maximum Gasteiger partial charge on any atom is 0.261 e. The molecule has 3 aromatic rings. The van der Waals surface area contributed by atoms with Gasteiger partial charge in [-0.1, -0.05) is 72.6 Å². The lowest BCUT2D eigenvalue weighted by atomic mass is 10.1. The molecular weight excluding hydrogens is 447 g/mol. The highest BCUT2D eigenvalue weighted by atomic mass is 35.5. The van der Waals surface area contributed by atoms with E-state index in [4.69, 9.17) is 27.9 Å². The van der Waals surface area contributed by atoms with Crippen molar-refractivity contribution in [1.82, 2.24) is 10.2 Å². The predicted molar refractivity (Wildman–Crippen MR) is 129 cm³/mol. The van der Waals surface area contributed by atoms with Gasteiger partial charge in [0.25, 0.3) is 5.91 Å². The quantitative estimate of drug-likeness (QED) is 0.449. The van der Waals surface area contributed by atoms with E-state index in [9.17, 15) is 9.59 Å². The van der Waals surface area contributed by atoms with Gasteiger partial charge in [-0.05, 0) is 42.5 Å². The van der Waals surface area contributed by atoms with Crippen LogP contribution in [0.2, 0.25) is 10.0 Å². The van der Waals surface area contributed by atoms with E-state index in [0.717, 1.165) is 17.2 Å². The lowest BCUT2D eigenvalue weighted by Crippen LogP contribution is -2.49. The monoisotopic (exact) mass is 472 g/mol. The normalized spacial score (nSPS) is 11.8. The van der Waals surface area contributed by atoms with Crippen LogP contribution in [0, 0.1) is 0 Å². The molecule has 168 valence electrons. The van der Waals surface area contributed by atoms with Gasteiger partial charge in [-0.25, -0.2) is 0 Å². The van der Waals surface area contributed by atoms with Gasteiger partial charge in [0.05, 0.1) is 0 Å². The number of rotatable bonds is 9. The molecule has 0 radical (unpaired) electrons. The zero-order valence-electron chi connectivity index (χ0n) is 18.1. The van der Waals surface area contributed by atoms with Crippen molar-refractivity contribution in [2.45, 2.75) is 32.9 Å². The molecular formula is C25H26Cl2N2O3. The number of benzene rings is 3. The lowest BCUT2D eigenvalue weighted by molar-refractivity contribution is -0.142. The topological polar surface area (TPSA) is 58.6 Å². The molecule has 2 amide bonds. The summed E-state index contributed by atoms with van der Waals surface area (Å²) in [4.78, 5) is 27.3. The molecule has 0 heterocycles. The highest BCUT2D eigenvalue weighted by Gasteiger charge is 2.27. The van der Waals surface area contributed by atoms with Crippen LogP contribution in [0.15, 0.2) is 60.7 Å². The van der Waals surface area contributed by atoms with Crippen LogP contribution in [0.3, 0.4) is 0 Å². The molecule has 0 fully saturated rings. The van der Waals surface area contributed by atoms with Gasteiger partial charge < -0.3 is 15.0 Å². The van der Waals surface area contributed by atoms with Crippen LogP contribution < -0.4 is 10.1 Å². The van der Waals surface area contributed by atoms with Crippen LogP contribution in [-0.2, 0) is 16.1 Å². The average molecular weight is 473 g/mol. The Kier molecular flexibility index (Phi) is 8.37. The van der Waals surface area contributed by atoms with Crippen LogP contribution in [0.25, 0.3) is 10.8 Å². The van der Waals surface area contributed by atoms with Crippen LogP contribution in [0.1, 0.15) is 25.8 Å². The van der Waals surface area contributed by atoms with E-state index < -0.39 is 6.04 Å². The molecule has 0 aromatic heterocycles. The van der Waals surface area contributed by atoms with Crippen LogP contribution in [-0.4, -0.2) is 35.9 Å². The summed E-state index contributed by atoms with van der Waals surface area (Å²) in [5, 5.41) is 5.73. The first-order chi connectivity index (χ1) is 15.4. The van der Waals surface area contributed by atoms with Crippen molar-refractivity contribution in [2.24, 2.45) is 0 Å². The van der Waals surface area contributed by atoms with Gasteiger partial charge in [0.2, 0.25) is 5.91 Å². The summed E-state index contributed by atoms with van der Waals surface area (Å²) in [6.07, 6.45) is 0.805. The van der Waals surface area contributed by atoms with Crippen molar-refractivity contribution in [3.8, 4) is 5.75 Å². The highest BCUT2D eigenvalue weighted by Crippen LogP contribution is 2.26. The molecule has 0 bridgehead atoms. The number of hydrogen-bond donors (Lipinski definition) is 1. The molecule has 1 N–H and O–H groups in total. The summed E-state index contributed by atoms with van der Waals surface area (Å²) >= 11 is 12.3. The first-order valence-corrected chi connectivity index (χ1v) is 11.3. The number of amides is 2. The fraction of sp³-hybridized carbons (Fsp3) is 0.280.